The van der Waals surface area contributed by atoms with Crippen LogP contribution in [-0.4, -0.2) is 35.1 Å². The lowest BCUT2D eigenvalue weighted by Crippen LogP contribution is -2.16. The van der Waals surface area contributed by atoms with Gasteiger partial charge in [-0.2, -0.15) is 18.9 Å². The van der Waals surface area contributed by atoms with Gasteiger partial charge in [0.25, 0.3) is 0 Å². The summed E-state index contributed by atoms with van der Waals surface area (Å²) in [7, 11) is 0. The van der Waals surface area contributed by atoms with Crippen molar-refractivity contribution in [1.29, 1.82) is 0 Å². The van der Waals surface area contributed by atoms with E-state index in [1.54, 1.807) is 26.0 Å². The number of nitrogen functional groups attached to an aromatic ring is 1. The van der Waals surface area contributed by atoms with Crippen LogP contribution in [0.5, 0.6) is 11.8 Å². The Morgan fingerprint density at radius 2 is 2.08 bits per heavy atom. The van der Waals surface area contributed by atoms with Gasteiger partial charge in [-0.1, -0.05) is 6.07 Å². The second kappa shape index (κ2) is 8.70. The van der Waals surface area contributed by atoms with Crippen LogP contribution in [0.15, 0.2) is 34.5 Å². The molecule has 26 heavy (non-hydrogen) atoms. The predicted octanol–water partition coefficient (Wildman–Crippen LogP) is 2.37. The molecule has 0 aliphatic rings. The van der Waals surface area contributed by atoms with E-state index in [1.807, 2.05) is 0 Å². The number of hydrogen-bond acceptors (Lipinski definition) is 8. The number of benzene rings is 1. The average Bonchev–Trinajstić information content (AvgIpc) is 2.60. The van der Waals surface area contributed by atoms with Crippen molar-refractivity contribution in [3.05, 3.63) is 35.5 Å². The number of anilines is 1. The summed E-state index contributed by atoms with van der Waals surface area (Å²) in [6.45, 7) is 0.462. The third-order valence-electron chi connectivity index (χ3n) is 3.25. The number of aliphatic imine (C=N–C) groups is 1. The van der Waals surface area contributed by atoms with Gasteiger partial charge in [0.15, 0.2) is 0 Å². The zero-order chi connectivity index (χ0) is 19.1. The zero-order valence-electron chi connectivity index (χ0n) is 14.2. The van der Waals surface area contributed by atoms with Crippen molar-refractivity contribution in [2.24, 2.45) is 15.9 Å². The summed E-state index contributed by atoms with van der Waals surface area (Å²) in [5.41, 5.74) is 7.65. The second-order valence-electron chi connectivity index (χ2n) is 5.22. The molecule has 0 saturated heterocycles. The molecule has 0 radical (unpaired) electrons. The molecule has 0 unspecified atom stereocenters. The number of halogens is 2. The van der Waals surface area contributed by atoms with E-state index in [0.717, 1.165) is 5.56 Å². The molecule has 10 heteroatoms. The molecule has 2 aromatic rings. The number of nitrogens with two attached hydrogens (primary N) is 2. The lowest BCUT2D eigenvalue weighted by Gasteiger charge is -2.08. The topological polar surface area (TPSA) is 121 Å². The van der Waals surface area contributed by atoms with Crippen LogP contribution in [0, 0.1) is 13.8 Å². The molecule has 4 N–H and O–H groups in total. The largest absolute Gasteiger partial charge is 0.457 e. The Morgan fingerprint density at radius 3 is 2.73 bits per heavy atom. The summed E-state index contributed by atoms with van der Waals surface area (Å²) >= 11 is 0. The van der Waals surface area contributed by atoms with Crippen LogP contribution in [0.3, 0.4) is 0 Å². The first-order valence-electron chi connectivity index (χ1n) is 7.47. The van der Waals surface area contributed by atoms with Crippen molar-refractivity contribution in [2.45, 2.75) is 20.5 Å². The first-order chi connectivity index (χ1) is 12.4. The van der Waals surface area contributed by atoms with E-state index in [2.05, 4.69) is 24.8 Å². The fourth-order valence-electron chi connectivity index (χ4n) is 1.80. The second-order valence-corrected chi connectivity index (χ2v) is 5.22. The summed E-state index contributed by atoms with van der Waals surface area (Å²) < 4.78 is 34.5. The maximum absolute atomic E-state index is 12.4. The molecule has 1 aromatic carbocycles. The van der Waals surface area contributed by atoms with Gasteiger partial charge in [-0.15, -0.1) is 0 Å². The van der Waals surface area contributed by atoms with Crippen LogP contribution < -0.4 is 21.1 Å². The maximum atomic E-state index is 12.4. The molecule has 0 saturated carbocycles. The Hall–Kier alpha value is -3.30. The molecule has 0 atom stereocenters. The van der Waals surface area contributed by atoms with Gasteiger partial charge in [-0.3, -0.25) is 4.99 Å². The fraction of sp³-hybridized carbons (Fsp3) is 0.250. The van der Waals surface area contributed by atoms with E-state index in [-0.39, 0.29) is 24.1 Å². The monoisotopic (exact) mass is 364 g/mol. The number of aromatic nitrogens is 2. The van der Waals surface area contributed by atoms with Crippen LogP contribution in [0.25, 0.3) is 0 Å². The molecule has 0 spiro atoms. The molecular formula is C16H18F2N6O2. The minimum Gasteiger partial charge on any atom is -0.457 e. The summed E-state index contributed by atoms with van der Waals surface area (Å²) in [6.07, 6.45) is 2.87. The van der Waals surface area contributed by atoms with Gasteiger partial charge >= 0.3 is 12.6 Å². The average molecular weight is 364 g/mol. The predicted molar refractivity (Wildman–Crippen MR) is 94.3 cm³/mol. The SMILES string of the molecule is Cc1ccc(N=CC(COc2ncc(C)c(N)n2)=NN)cc1OC(F)F. The lowest BCUT2D eigenvalue weighted by molar-refractivity contribution is -0.0502. The molecular weight excluding hydrogens is 346 g/mol. The third kappa shape index (κ3) is 5.36. The van der Waals surface area contributed by atoms with E-state index in [4.69, 9.17) is 16.3 Å². The van der Waals surface area contributed by atoms with E-state index in [1.165, 1.54) is 18.5 Å². The Morgan fingerprint density at radius 1 is 1.31 bits per heavy atom. The minimum atomic E-state index is -2.91. The first kappa shape index (κ1) is 19.0. The Bertz CT molecular complexity index is 826. The van der Waals surface area contributed by atoms with Gasteiger partial charge in [0.2, 0.25) is 0 Å². The molecule has 0 aliphatic heterocycles. The van der Waals surface area contributed by atoms with Crippen molar-refractivity contribution in [3.63, 3.8) is 0 Å². The highest BCUT2D eigenvalue weighted by Gasteiger charge is 2.08. The highest BCUT2D eigenvalue weighted by molar-refractivity contribution is 6.31. The molecule has 0 amide bonds. The van der Waals surface area contributed by atoms with Crippen molar-refractivity contribution in [2.75, 3.05) is 12.3 Å². The third-order valence-corrected chi connectivity index (χ3v) is 3.25. The van der Waals surface area contributed by atoms with Crippen LogP contribution >= 0.6 is 0 Å². The number of hydrazone groups is 1. The number of ether oxygens (including phenoxy) is 2. The summed E-state index contributed by atoms with van der Waals surface area (Å²) in [5.74, 6) is 5.65. The molecule has 1 aromatic heterocycles. The highest BCUT2D eigenvalue weighted by atomic mass is 19.3. The van der Waals surface area contributed by atoms with Gasteiger partial charge in [-0.25, -0.2) is 4.98 Å². The van der Waals surface area contributed by atoms with Crippen molar-refractivity contribution in [1.82, 2.24) is 9.97 Å². The molecule has 2 rings (SSSR count). The number of aryl methyl sites for hydroxylation is 2. The molecule has 1 heterocycles. The van der Waals surface area contributed by atoms with Gasteiger partial charge < -0.3 is 21.1 Å². The van der Waals surface area contributed by atoms with E-state index in [9.17, 15) is 8.78 Å². The number of alkyl halides is 2. The highest BCUT2D eigenvalue weighted by Crippen LogP contribution is 2.25. The normalized spacial score (nSPS) is 12.0. The Kier molecular flexibility index (Phi) is 6.36. The first-order valence-corrected chi connectivity index (χ1v) is 7.47. The van der Waals surface area contributed by atoms with Crippen LogP contribution in [0.4, 0.5) is 20.3 Å². The van der Waals surface area contributed by atoms with Crippen LogP contribution in [0.2, 0.25) is 0 Å². The lowest BCUT2D eigenvalue weighted by atomic mass is 10.2. The molecule has 0 aliphatic carbocycles. The number of nitrogens with zero attached hydrogens (tertiary/aromatic N) is 4. The molecule has 0 fully saturated rings. The van der Waals surface area contributed by atoms with E-state index in [0.29, 0.717) is 17.1 Å². The van der Waals surface area contributed by atoms with Gasteiger partial charge in [-0.05, 0) is 25.5 Å². The molecule has 8 nitrogen and oxygen atoms in total. The fourth-order valence-corrected chi connectivity index (χ4v) is 1.80. The van der Waals surface area contributed by atoms with Gasteiger partial charge in [0, 0.05) is 17.8 Å². The Labute approximate surface area is 148 Å². The summed E-state index contributed by atoms with van der Waals surface area (Å²) in [6, 6.07) is 4.72. The van der Waals surface area contributed by atoms with Gasteiger partial charge in [0.1, 0.15) is 23.9 Å². The smallest absolute Gasteiger partial charge is 0.387 e. The van der Waals surface area contributed by atoms with Crippen molar-refractivity contribution < 1.29 is 18.3 Å². The number of hydrogen-bond donors (Lipinski definition) is 2. The van der Waals surface area contributed by atoms with Crippen LogP contribution in [-0.2, 0) is 0 Å². The standard InChI is InChI=1S/C16H18F2N6O2/c1-9-3-4-11(5-13(9)26-15(17)18)21-7-12(24-20)8-25-16-22-6-10(2)14(19)23-16/h3-7,15H,8,20H2,1-2H3,(H2,19,22,23). The van der Waals surface area contributed by atoms with Crippen molar-refractivity contribution in [3.8, 4) is 11.8 Å². The molecule has 0 bridgehead atoms. The zero-order valence-corrected chi connectivity index (χ0v) is 14.2. The van der Waals surface area contributed by atoms with Gasteiger partial charge in [0.05, 0.1) is 11.9 Å². The maximum Gasteiger partial charge on any atom is 0.387 e. The Balaban J connectivity index is 2.04. The van der Waals surface area contributed by atoms with E-state index < -0.39 is 6.61 Å². The quantitative estimate of drug-likeness (QED) is 0.442. The summed E-state index contributed by atoms with van der Waals surface area (Å²) in [5, 5.41) is 3.55. The van der Waals surface area contributed by atoms with E-state index >= 15 is 0 Å². The van der Waals surface area contributed by atoms with Crippen LogP contribution in [0.1, 0.15) is 11.1 Å². The van der Waals surface area contributed by atoms with Crippen molar-refractivity contribution >= 4 is 23.4 Å². The molecule has 138 valence electrons. The minimum absolute atomic E-state index is 0.0423. The number of rotatable bonds is 7. The summed E-state index contributed by atoms with van der Waals surface area (Å²) in [4.78, 5) is 12.1.